The van der Waals surface area contributed by atoms with Crippen molar-refractivity contribution in [2.75, 3.05) is 9.80 Å². The highest BCUT2D eigenvalue weighted by atomic mass is 32.1. The summed E-state index contributed by atoms with van der Waals surface area (Å²) in [6, 6.07) is 60.8. The maximum Gasteiger partial charge on any atom is 0.264 e. The lowest BCUT2D eigenvalue weighted by atomic mass is 9.36. The number of anilines is 6. The average molecular weight is 845 g/mol. The predicted octanol–water partition coefficient (Wildman–Crippen LogP) is 15.4. The highest BCUT2D eigenvalue weighted by Gasteiger charge is 2.46. The van der Waals surface area contributed by atoms with Crippen molar-refractivity contribution in [2.24, 2.45) is 0 Å². The molecule has 2 aliphatic heterocycles. The molecule has 0 aliphatic carbocycles. The largest absolute Gasteiger partial charge is 0.311 e. The normalized spacial score (nSPS) is 13.9. The Morgan fingerprint density at radius 3 is 1.72 bits per heavy atom. The van der Waals surface area contributed by atoms with Gasteiger partial charge in [-0.25, -0.2) is 0 Å². The number of nitrogens with zero attached hydrogens (tertiary/aromatic N) is 2. The van der Waals surface area contributed by atoms with Crippen LogP contribution in [0.5, 0.6) is 0 Å². The maximum absolute atomic E-state index is 2.60. The molecule has 0 bridgehead atoms. The van der Waals surface area contributed by atoms with Crippen molar-refractivity contribution in [3.05, 3.63) is 174 Å². The van der Waals surface area contributed by atoms with Gasteiger partial charge in [0.05, 0.1) is 11.4 Å². The molecule has 2 nitrogen and oxygen atoms in total. The van der Waals surface area contributed by atoms with Crippen molar-refractivity contribution in [1.82, 2.24) is 0 Å². The molecule has 0 N–H and O–H groups in total. The summed E-state index contributed by atoms with van der Waals surface area (Å²) in [6.45, 7) is 21.0. The summed E-state index contributed by atoms with van der Waals surface area (Å²) in [7, 11) is 0. The second kappa shape index (κ2) is 13.6. The SMILES string of the molecule is CC(C)(C)c1ccc(N2c3cccc4c3B(c3cc(C(C)(C)C)ccc3N4c3ccccc3-c3ccc4ccc5cccc6ccc3c4c56)c3sc4ccc(C(C)(C)C)cc4c32)cc1. The van der Waals surface area contributed by atoms with Crippen LogP contribution in [0, 0.1) is 0 Å². The summed E-state index contributed by atoms with van der Waals surface area (Å²) in [6.07, 6.45) is 0. The number of benzene rings is 9. The Morgan fingerprint density at radius 1 is 0.422 bits per heavy atom. The van der Waals surface area contributed by atoms with E-state index in [1.54, 1.807) is 0 Å². The van der Waals surface area contributed by atoms with Crippen LogP contribution < -0.4 is 25.5 Å². The minimum atomic E-state index is -0.0284. The lowest BCUT2D eigenvalue weighted by Crippen LogP contribution is -2.60. The van der Waals surface area contributed by atoms with Gasteiger partial charge in [-0.2, -0.15) is 0 Å². The van der Waals surface area contributed by atoms with Gasteiger partial charge in [0, 0.05) is 43.2 Å². The van der Waals surface area contributed by atoms with Crippen molar-refractivity contribution in [3.8, 4) is 11.1 Å². The zero-order chi connectivity index (χ0) is 44.0. The van der Waals surface area contributed by atoms with Crippen LogP contribution in [0.4, 0.5) is 34.1 Å². The van der Waals surface area contributed by atoms with E-state index in [-0.39, 0.29) is 23.0 Å². The van der Waals surface area contributed by atoms with Crippen molar-refractivity contribution >= 4 is 110 Å². The molecule has 10 aromatic rings. The first-order chi connectivity index (χ1) is 30.6. The van der Waals surface area contributed by atoms with Gasteiger partial charge < -0.3 is 9.80 Å². The van der Waals surface area contributed by atoms with E-state index in [2.05, 4.69) is 230 Å². The Morgan fingerprint density at radius 2 is 1.00 bits per heavy atom. The number of rotatable bonds is 3. The van der Waals surface area contributed by atoms with Gasteiger partial charge in [0.15, 0.2) is 0 Å². The van der Waals surface area contributed by atoms with E-state index in [0.717, 1.165) is 0 Å². The van der Waals surface area contributed by atoms with Crippen LogP contribution in [-0.2, 0) is 16.2 Å². The third-order valence-corrected chi connectivity index (χ3v) is 15.5. The molecule has 12 rings (SSSR count). The zero-order valence-corrected chi connectivity index (χ0v) is 39.2. The number of thiophene rings is 1. The van der Waals surface area contributed by atoms with Gasteiger partial charge in [-0.15, -0.1) is 11.3 Å². The van der Waals surface area contributed by atoms with E-state index in [1.807, 2.05) is 11.3 Å². The van der Waals surface area contributed by atoms with Gasteiger partial charge in [0.25, 0.3) is 6.71 Å². The molecule has 3 heterocycles. The van der Waals surface area contributed by atoms with Crippen molar-refractivity contribution < 1.29 is 0 Å². The van der Waals surface area contributed by atoms with E-state index in [9.17, 15) is 0 Å². The fourth-order valence-corrected chi connectivity index (χ4v) is 12.2. The predicted molar refractivity (Wildman–Crippen MR) is 281 cm³/mol. The summed E-state index contributed by atoms with van der Waals surface area (Å²) >= 11 is 1.98. The molecule has 4 heteroatoms. The van der Waals surface area contributed by atoms with E-state index in [4.69, 9.17) is 0 Å². The van der Waals surface area contributed by atoms with Crippen molar-refractivity contribution in [1.29, 1.82) is 0 Å². The molecule has 2 aliphatic rings. The molecule has 312 valence electrons. The molecule has 0 spiro atoms. The highest BCUT2D eigenvalue weighted by molar-refractivity contribution is 7.33. The summed E-state index contributed by atoms with van der Waals surface area (Å²) in [5.74, 6) is 0. The van der Waals surface area contributed by atoms with Crippen molar-refractivity contribution in [3.63, 3.8) is 0 Å². The van der Waals surface area contributed by atoms with Crippen LogP contribution in [0.3, 0.4) is 0 Å². The van der Waals surface area contributed by atoms with Crippen LogP contribution in [-0.4, -0.2) is 6.71 Å². The minimum Gasteiger partial charge on any atom is -0.311 e. The Hall–Kier alpha value is -6.36. The quantitative estimate of drug-likeness (QED) is 0.129. The molecule has 0 atom stereocenters. The highest BCUT2D eigenvalue weighted by Crippen LogP contribution is 2.51. The number of hydrogen-bond donors (Lipinski definition) is 0. The smallest absolute Gasteiger partial charge is 0.264 e. The summed E-state index contributed by atoms with van der Waals surface area (Å²) in [4.78, 5) is 5.20. The first-order valence-corrected chi connectivity index (χ1v) is 23.8. The van der Waals surface area contributed by atoms with E-state index in [1.165, 1.54) is 120 Å². The Balaban J connectivity index is 1.16. The fourth-order valence-electron chi connectivity index (χ4n) is 10.9. The molecule has 0 saturated heterocycles. The lowest BCUT2D eigenvalue weighted by Gasteiger charge is -2.44. The van der Waals surface area contributed by atoms with Crippen LogP contribution in [0.25, 0.3) is 53.5 Å². The molecule has 9 aromatic carbocycles. The summed E-state index contributed by atoms with van der Waals surface area (Å²) in [5.41, 5.74) is 16.7. The molecular weight excluding hydrogens is 792 g/mol. The van der Waals surface area contributed by atoms with E-state index in [0.29, 0.717) is 0 Å². The lowest BCUT2D eigenvalue weighted by molar-refractivity contribution is 0.590. The van der Waals surface area contributed by atoms with Crippen LogP contribution in [0.1, 0.15) is 79.0 Å². The minimum absolute atomic E-state index is 0.0174. The Bertz CT molecular complexity index is 3500. The first-order valence-electron chi connectivity index (χ1n) is 23.0. The van der Waals surface area contributed by atoms with Crippen LogP contribution in [0.15, 0.2) is 158 Å². The molecule has 0 unspecified atom stereocenters. The van der Waals surface area contributed by atoms with Gasteiger partial charge in [-0.1, -0.05) is 172 Å². The molecule has 0 amide bonds. The molecule has 0 fully saturated rings. The third-order valence-electron chi connectivity index (χ3n) is 14.3. The third kappa shape index (κ3) is 5.77. The maximum atomic E-state index is 2.60. The molecule has 64 heavy (non-hydrogen) atoms. The molecule has 0 radical (unpaired) electrons. The Labute approximate surface area is 382 Å². The van der Waals surface area contributed by atoms with Gasteiger partial charge in [-0.05, 0) is 130 Å². The molecular formula is C60H53BN2S. The summed E-state index contributed by atoms with van der Waals surface area (Å²) in [5, 5.41) is 9.16. The fraction of sp³-hybridized carbons (Fsp3) is 0.200. The molecule has 0 saturated carbocycles. The second-order valence-corrected chi connectivity index (χ2v) is 22.5. The standard InChI is InChI=1S/C60H53BN2S/c1-58(2,3)39-24-28-42(29-25-39)62-50-18-13-19-51-55(50)61(57-56(62)46-34-40(59(4,5)6)27-33-52(46)64-57)47-35-41(60(7,8)9)26-32-49(47)63(51)48-17-11-10-16-44(48)43-30-22-38-21-20-36-14-12-15-37-23-31-45(43)54(38)53(36)37/h10-35H,1-9H3. The zero-order valence-electron chi connectivity index (χ0n) is 38.4. The number of fused-ring (bicyclic) bond motifs is 6. The first kappa shape index (κ1) is 39.3. The van der Waals surface area contributed by atoms with Crippen molar-refractivity contribution in [2.45, 2.75) is 78.6 Å². The van der Waals surface area contributed by atoms with E-state index >= 15 is 0 Å². The summed E-state index contributed by atoms with van der Waals surface area (Å²) < 4.78 is 2.74. The topological polar surface area (TPSA) is 6.48 Å². The average Bonchev–Trinajstić information content (AvgIpc) is 3.66. The van der Waals surface area contributed by atoms with Gasteiger partial charge in [0.2, 0.25) is 0 Å². The molecule has 1 aromatic heterocycles. The van der Waals surface area contributed by atoms with Gasteiger partial charge in [0.1, 0.15) is 0 Å². The number of hydrogen-bond acceptors (Lipinski definition) is 3. The number of para-hydroxylation sites is 1. The van der Waals surface area contributed by atoms with E-state index < -0.39 is 0 Å². The van der Waals surface area contributed by atoms with Crippen LogP contribution in [0.2, 0.25) is 0 Å². The van der Waals surface area contributed by atoms with Crippen LogP contribution >= 0.6 is 11.3 Å². The monoisotopic (exact) mass is 844 g/mol. The van der Waals surface area contributed by atoms with Gasteiger partial charge in [-0.3, -0.25) is 0 Å². The Kier molecular flexibility index (Phi) is 8.33. The van der Waals surface area contributed by atoms with Gasteiger partial charge >= 0.3 is 0 Å². The second-order valence-electron chi connectivity index (χ2n) is 21.4.